The molecule has 3 unspecified atom stereocenters. The first-order valence-corrected chi connectivity index (χ1v) is 3.69. The number of hydrogen-bond donors (Lipinski definition) is 1. The Kier molecular flexibility index (Phi) is 1.77. The van der Waals surface area contributed by atoms with Crippen LogP contribution in [0.2, 0.25) is 0 Å². The zero-order valence-electron chi connectivity index (χ0n) is 6.37. The van der Waals surface area contributed by atoms with Crippen molar-refractivity contribution in [3.8, 4) is 0 Å². The lowest BCUT2D eigenvalue weighted by molar-refractivity contribution is 0.122. The van der Waals surface area contributed by atoms with Gasteiger partial charge in [-0.1, -0.05) is 12.1 Å². The van der Waals surface area contributed by atoms with E-state index in [1.54, 1.807) is 6.92 Å². The summed E-state index contributed by atoms with van der Waals surface area (Å²) in [6.45, 7) is 3.68. The van der Waals surface area contributed by atoms with Crippen molar-refractivity contribution in [2.45, 2.75) is 38.3 Å². The predicted octanol–water partition coefficient (Wildman–Crippen LogP) is 1.30. The molecule has 3 nitrogen and oxygen atoms in total. The van der Waals surface area contributed by atoms with E-state index in [-0.39, 0.29) is 12.0 Å². The maximum atomic E-state index is 10.0. The van der Waals surface area contributed by atoms with Crippen molar-refractivity contribution < 1.29 is 5.11 Å². The van der Waals surface area contributed by atoms with Gasteiger partial charge in [-0.05, 0) is 19.8 Å². The number of nitroso groups, excluding NO2 is 1. The molecular formula is C7H13NO2. The molecule has 1 rings (SSSR count). The van der Waals surface area contributed by atoms with Gasteiger partial charge < -0.3 is 5.11 Å². The van der Waals surface area contributed by atoms with Crippen molar-refractivity contribution in [1.82, 2.24) is 0 Å². The van der Waals surface area contributed by atoms with Crippen LogP contribution in [0.25, 0.3) is 0 Å². The molecule has 1 N–H and O–H groups in total. The summed E-state index contributed by atoms with van der Waals surface area (Å²) in [6.07, 6.45) is 1.48. The molecule has 1 fully saturated rings. The first kappa shape index (κ1) is 7.66. The molecular weight excluding hydrogens is 130 g/mol. The average molecular weight is 143 g/mol. The van der Waals surface area contributed by atoms with E-state index in [4.69, 9.17) is 0 Å². The fraction of sp³-hybridized carbons (Fsp3) is 1.00. The molecule has 0 bridgehead atoms. The van der Waals surface area contributed by atoms with Crippen LogP contribution < -0.4 is 0 Å². The Labute approximate surface area is 60.4 Å². The van der Waals surface area contributed by atoms with Crippen LogP contribution >= 0.6 is 0 Å². The Morgan fingerprint density at radius 1 is 1.90 bits per heavy atom. The van der Waals surface area contributed by atoms with Crippen LogP contribution in [-0.4, -0.2) is 16.7 Å². The van der Waals surface area contributed by atoms with Gasteiger partial charge >= 0.3 is 0 Å². The Bertz CT molecular complexity index is 149. The molecule has 0 amide bonds. The normalized spacial score (nSPS) is 40.9. The summed E-state index contributed by atoms with van der Waals surface area (Å²) in [5.74, 6) is 0.120. The van der Waals surface area contributed by atoms with Gasteiger partial charge in [0.05, 0.1) is 11.6 Å². The summed E-state index contributed by atoms with van der Waals surface area (Å²) in [5, 5.41) is 12.4. The van der Waals surface area contributed by atoms with Crippen LogP contribution in [0.15, 0.2) is 5.18 Å². The molecule has 0 aromatic heterocycles. The molecule has 0 heterocycles. The van der Waals surface area contributed by atoms with Crippen LogP contribution in [-0.2, 0) is 0 Å². The third kappa shape index (κ3) is 1.06. The first-order valence-electron chi connectivity index (χ1n) is 3.69. The SMILES string of the molecule is CCC1(O)CC1C(C)N=O. The second kappa shape index (κ2) is 2.31. The minimum atomic E-state index is -0.562. The van der Waals surface area contributed by atoms with Gasteiger partial charge in [0, 0.05) is 5.92 Å². The highest BCUT2D eigenvalue weighted by Gasteiger charge is 2.54. The van der Waals surface area contributed by atoms with Crippen molar-refractivity contribution in [2.75, 3.05) is 0 Å². The molecule has 1 aliphatic rings. The fourth-order valence-electron chi connectivity index (χ4n) is 1.42. The van der Waals surface area contributed by atoms with E-state index in [2.05, 4.69) is 5.18 Å². The average Bonchev–Trinajstić information content (AvgIpc) is 2.62. The smallest absolute Gasteiger partial charge is 0.0948 e. The summed E-state index contributed by atoms with van der Waals surface area (Å²) >= 11 is 0. The van der Waals surface area contributed by atoms with Gasteiger partial charge in [0.25, 0.3) is 0 Å². The van der Waals surface area contributed by atoms with E-state index in [9.17, 15) is 10.0 Å². The highest BCUT2D eigenvalue weighted by molar-refractivity contribution is 5.06. The Morgan fingerprint density at radius 2 is 2.50 bits per heavy atom. The summed E-state index contributed by atoms with van der Waals surface area (Å²) in [4.78, 5) is 10.0. The van der Waals surface area contributed by atoms with Gasteiger partial charge in [0.1, 0.15) is 0 Å². The molecule has 3 heteroatoms. The van der Waals surface area contributed by atoms with Gasteiger partial charge in [0.15, 0.2) is 0 Å². The molecule has 0 aliphatic heterocycles. The van der Waals surface area contributed by atoms with Crippen molar-refractivity contribution in [2.24, 2.45) is 11.1 Å². The van der Waals surface area contributed by atoms with E-state index >= 15 is 0 Å². The monoisotopic (exact) mass is 143 g/mol. The highest BCUT2D eigenvalue weighted by atomic mass is 16.3. The zero-order chi connectivity index (χ0) is 7.78. The molecule has 10 heavy (non-hydrogen) atoms. The number of nitrogens with zero attached hydrogens (tertiary/aromatic N) is 1. The van der Waals surface area contributed by atoms with Gasteiger partial charge in [-0.25, -0.2) is 0 Å². The third-order valence-corrected chi connectivity index (χ3v) is 2.46. The lowest BCUT2D eigenvalue weighted by Gasteiger charge is -2.06. The maximum absolute atomic E-state index is 10.0. The fourth-order valence-corrected chi connectivity index (χ4v) is 1.42. The van der Waals surface area contributed by atoms with Crippen molar-refractivity contribution in [3.05, 3.63) is 4.91 Å². The molecule has 0 radical (unpaired) electrons. The quantitative estimate of drug-likeness (QED) is 0.605. The topological polar surface area (TPSA) is 49.7 Å². The largest absolute Gasteiger partial charge is 0.390 e. The highest BCUT2D eigenvalue weighted by Crippen LogP contribution is 2.48. The summed E-state index contributed by atoms with van der Waals surface area (Å²) < 4.78 is 0. The van der Waals surface area contributed by atoms with Crippen LogP contribution in [0.5, 0.6) is 0 Å². The second-order valence-electron chi connectivity index (χ2n) is 3.11. The van der Waals surface area contributed by atoms with Gasteiger partial charge in [0.2, 0.25) is 0 Å². The minimum Gasteiger partial charge on any atom is -0.390 e. The summed E-state index contributed by atoms with van der Waals surface area (Å²) in [6, 6.07) is -0.218. The predicted molar refractivity (Wildman–Crippen MR) is 38.6 cm³/mol. The third-order valence-electron chi connectivity index (χ3n) is 2.46. The Hall–Kier alpha value is -0.440. The standard InChI is InChI=1S/C7H13NO2/c1-3-7(9)4-6(7)5(2)8-10/h5-6,9H,3-4H2,1-2H3. The van der Waals surface area contributed by atoms with Crippen molar-refractivity contribution in [1.29, 1.82) is 0 Å². The molecule has 0 spiro atoms. The zero-order valence-corrected chi connectivity index (χ0v) is 6.37. The van der Waals surface area contributed by atoms with Crippen LogP contribution in [0.4, 0.5) is 0 Å². The van der Waals surface area contributed by atoms with Gasteiger partial charge in [-0.2, -0.15) is 4.91 Å². The number of aliphatic hydroxyl groups is 1. The molecule has 0 aromatic carbocycles. The van der Waals surface area contributed by atoms with Gasteiger partial charge in [-0.15, -0.1) is 0 Å². The minimum absolute atomic E-state index is 0.120. The lowest BCUT2D eigenvalue weighted by atomic mass is 10.1. The summed E-state index contributed by atoms with van der Waals surface area (Å²) in [7, 11) is 0. The molecule has 58 valence electrons. The molecule has 1 saturated carbocycles. The van der Waals surface area contributed by atoms with E-state index in [1.165, 1.54) is 0 Å². The van der Waals surface area contributed by atoms with Crippen molar-refractivity contribution in [3.63, 3.8) is 0 Å². The number of rotatable bonds is 3. The molecule has 0 saturated heterocycles. The Balaban J connectivity index is 2.43. The van der Waals surface area contributed by atoms with E-state index in [1.807, 2.05) is 6.92 Å². The van der Waals surface area contributed by atoms with E-state index in [0.717, 1.165) is 12.8 Å². The van der Waals surface area contributed by atoms with Crippen molar-refractivity contribution >= 4 is 0 Å². The van der Waals surface area contributed by atoms with Gasteiger partial charge in [-0.3, -0.25) is 0 Å². The lowest BCUT2D eigenvalue weighted by Crippen LogP contribution is -2.15. The second-order valence-corrected chi connectivity index (χ2v) is 3.11. The maximum Gasteiger partial charge on any atom is 0.0948 e. The van der Waals surface area contributed by atoms with Crippen LogP contribution in [0.3, 0.4) is 0 Å². The molecule has 1 aliphatic carbocycles. The number of hydrogen-bond acceptors (Lipinski definition) is 3. The summed E-state index contributed by atoms with van der Waals surface area (Å²) in [5.41, 5.74) is -0.562. The first-order chi connectivity index (χ1) is 4.64. The van der Waals surface area contributed by atoms with E-state index in [0.29, 0.717) is 0 Å². The van der Waals surface area contributed by atoms with Crippen LogP contribution in [0.1, 0.15) is 26.7 Å². The Morgan fingerprint density at radius 3 is 2.80 bits per heavy atom. The molecule has 0 aromatic rings. The van der Waals surface area contributed by atoms with E-state index < -0.39 is 5.60 Å². The molecule has 3 atom stereocenters. The van der Waals surface area contributed by atoms with Crippen LogP contribution in [0, 0.1) is 10.8 Å².